The molecule has 0 heterocycles. The molecule has 15 heavy (non-hydrogen) atoms. The molecule has 1 aliphatic carbocycles. The molecular weight excluding hydrogens is 184 g/mol. The van der Waals surface area contributed by atoms with Crippen LogP contribution in [0.1, 0.15) is 58.3 Å². The highest BCUT2D eigenvalue weighted by atomic mass is 14.5. The summed E-state index contributed by atoms with van der Waals surface area (Å²) in [6.45, 7) is 2.13. The highest BCUT2D eigenvalue weighted by Crippen LogP contribution is 2.43. The second kappa shape index (κ2) is 5.76. The summed E-state index contributed by atoms with van der Waals surface area (Å²) in [7, 11) is 0. The topological polar surface area (TPSA) is 47.6 Å². The zero-order chi connectivity index (χ0) is 11.1. The third-order valence-corrected chi connectivity index (χ3v) is 3.64. The van der Waals surface area contributed by atoms with Crippen molar-refractivity contribution >= 4 is 0 Å². The van der Waals surface area contributed by atoms with E-state index in [9.17, 15) is 10.5 Å². The van der Waals surface area contributed by atoms with Gasteiger partial charge in [0.15, 0.2) is 0 Å². The molecule has 1 aliphatic rings. The first-order valence-electron chi connectivity index (χ1n) is 6.10. The van der Waals surface area contributed by atoms with Crippen molar-refractivity contribution in [3.05, 3.63) is 0 Å². The minimum absolute atomic E-state index is 0.0391. The Morgan fingerprint density at radius 1 is 1.20 bits per heavy atom. The molecular formula is C13H20N2. The molecule has 0 N–H and O–H groups in total. The summed E-state index contributed by atoms with van der Waals surface area (Å²) in [6.07, 6.45) is 8.43. The van der Waals surface area contributed by atoms with Crippen LogP contribution in [0.15, 0.2) is 0 Å². The molecule has 0 aromatic rings. The van der Waals surface area contributed by atoms with E-state index in [0.29, 0.717) is 0 Å². The van der Waals surface area contributed by atoms with Gasteiger partial charge in [0, 0.05) is 0 Å². The quantitative estimate of drug-likeness (QED) is 0.699. The Bertz CT molecular complexity index is 263. The molecule has 0 spiro atoms. The van der Waals surface area contributed by atoms with E-state index >= 15 is 0 Å². The van der Waals surface area contributed by atoms with E-state index in [1.165, 1.54) is 6.42 Å². The summed E-state index contributed by atoms with van der Waals surface area (Å²) in [5.74, 6) is -0.0391. The molecule has 0 radical (unpaired) electrons. The maximum absolute atomic E-state index is 9.34. The summed E-state index contributed by atoms with van der Waals surface area (Å²) in [5.41, 5.74) is -0.317. The van der Waals surface area contributed by atoms with Crippen LogP contribution in [0, 0.1) is 34.0 Å². The van der Waals surface area contributed by atoms with E-state index in [2.05, 4.69) is 19.1 Å². The maximum atomic E-state index is 9.34. The first kappa shape index (κ1) is 12.1. The van der Waals surface area contributed by atoms with Gasteiger partial charge in [-0.3, -0.25) is 0 Å². The van der Waals surface area contributed by atoms with Gasteiger partial charge >= 0.3 is 0 Å². The van der Waals surface area contributed by atoms with Gasteiger partial charge in [0.2, 0.25) is 0 Å². The highest BCUT2D eigenvalue weighted by Gasteiger charge is 2.39. The number of nitriles is 2. The van der Waals surface area contributed by atoms with Crippen LogP contribution in [0.5, 0.6) is 0 Å². The minimum atomic E-state index is -0.317. The van der Waals surface area contributed by atoms with Crippen molar-refractivity contribution in [2.75, 3.05) is 0 Å². The largest absolute Gasteiger partial charge is 0.198 e. The van der Waals surface area contributed by atoms with Crippen LogP contribution < -0.4 is 0 Å². The minimum Gasteiger partial charge on any atom is -0.198 e. The van der Waals surface area contributed by atoms with Crippen LogP contribution in [-0.4, -0.2) is 0 Å². The number of hydrogen-bond donors (Lipinski definition) is 0. The molecule has 0 amide bonds. The van der Waals surface area contributed by atoms with E-state index in [4.69, 9.17) is 0 Å². The fourth-order valence-electron chi connectivity index (χ4n) is 2.59. The van der Waals surface area contributed by atoms with Gasteiger partial charge in [0.1, 0.15) is 0 Å². The molecule has 2 nitrogen and oxygen atoms in total. The van der Waals surface area contributed by atoms with Crippen molar-refractivity contribution in [1.29, 1.82) is 10.5 Å². The van der Waals surface area contributed by atoms with Crippen LogP contribution in [0.2, 0.25) is 0 Å². The van der Waals surface area contributed by atoms with Gasteiger partial charge in [-0.05, 0) is 19.3 Å². The van der Waals surface area contributed by atoms with Crippen LogP contribution in [0.4, 0.5) is 0 Å². The van der Waals surface area contributed by atoms with Crippen molar-refractivity contribution in [2.24, 2.45) is 11.3 Å². The Balaban J connectivity index is 2.69. The van der Waals surface area contributed by atoms with E-state index < -0.39 is 0 Å². The number of nitrogens with zero attached hydrogens (tertiary/aromatic N) is 2. The lowest BCUT2D eigenvalue weighted by Gasteiger charge is -2.34. The van der Waals surface area contributed by atoms with Crippen molar-refractivity contribution in [3.63, 3.8) is 0 Å². The van der Waals surface area contributed by atoms with E-state index in [1.807, 2.05) is 0 Å². The van der Waals surface area contributed by atoms with E-state index in [1.54, 1.807) is 0 Å². The molecule has 0 saturated heterocycles. The van der Waals surface area contributed by atoms with Crippen LogP contribution in [0.3, 0.4) is 0 Å². The molecule has 0 aliphatic heterocycles. The molecule has 82 valence electrons. The van der Waals surface area contributed by atoms with Gasteiger partial charge in [-0.2, -0.15) is 10.5 Å². The number of unbranched alkanes of at least 4 members (excludes halogenated alkanes) is 1. The van der Waals surface area contributed by atoms with E-state index in [0.717, 1.165) is 44.9 Å². The molecule has 0 bridgehead atoms. The standard InChI is InChI=1S/C13H20N2/c1-2-3-7-12(10-14)13(11-15)8-5-4-6-9-13/h12H,2-9H2,1H3. The van der Waals surface area contributed by atoms with Gasteiger partial charge in [0.05, 0.1) is 23.5 Å². The SMILES string of the molecule is CCCCC(C#N)C1(C#N)CCCCC1. The lowest BCUT2D eigenvalue weighted by atomic mass is 9.66. The lowest BCUT2D eigenvalue weighted by molar-refractivity contribution is 0.192. The normalized spacial score (nSPS) is 21.3. The second-order valence-electron chi connectivity index (χ2n) is 4.65. The summed E-state index contributed by atoms with van der Waals surface area (Å²) in [4.78, 5) is 0. The molecule has 1 saturated carbocycles. The zero-order valence-electron chi connectivity index (χ0n) is 9.63. The van der Waals surface area contributed by atoms with E-state index in [-0.39, 0.29) is 11.3 Å². The Morgan fingerprint density at radius 2 is 1.87 bits per heavy atom. The Labute approximate surface area is 92.9 Å². The molecule has 1 unspecified atom stereocenters. The smallest absolute Gasteiger partial charge is 0.0731 e. The monoisotopic (exact) mass is 204 g/mol. The van der Waals surface area contributed by atoms with Crippen LogP contribution in [0.25, 0.3) is 0 Å². The molecule has 0 aromatic heterocycles. The van der Waals surface area contributed by atoms with Crippen molar-refractivity contribution < 1.29 is 0 Å². The predicted molar refractivity (Wildman–Crippen MR) is 59.8 cm³/mol. The second-order valence-corrected chi connectivity index (χ2v) is 4.65. The molecule has 1 fully saturated rings. The predicted octanol–water partition coefficient (Wildman–Crippen LogP) is 3.79. The maximum Gasteiger partial charge on any atom is 0.0731 e. The molecule has 0 aromatic carbocycles. The fourth-order valence-corrected chi connectivity index (χ4v) is 2.59. The molecule has 1 rings (SSSR count). The summed E-state index contributed by atoms with van der Waals surface area (Å²) < 4.78 is 0. The number of hydrogen-bond acceptors (Lipinski definition) is 2. The first-order valence-corrected chi connectivity index (χ1v) is 6.10. The summed E-state index contributed by atoms with van der Waals surface area (Å²) >= 11 is 0. The fraction of sp³-hybridized carbons (Fsp3) is 0.846. The zero-order valence-corrected chi connectivity index (χ0v) is 9.63. The highest BCUT2D eigenvalue weighted by molar-refractivity contribution is 5.10. The van der Waals surface area contributed by atoms with Crippen molar-refractivity contribution in [3.8, 4) is 12.1 Å². The summed E-state index contributed by atoms with van der Waals surface area (Å²) in [5, 5.41) is 18.5. The average molecular weight is 204 g/mol. The molecule has 2 heteroatoms. The van der Waals surface area contributed by atoms with Crippen molar-refractivity contribution in [1.82, 2.24) is 0 Å². The summed E-state index contributed by atoms with van der Waals surface area (Å²) in [6, 6.07) is 4.83. The Morgan fingerprint density at radius 3 is 2.33 bits per heavy atom. The Kier molecular flexibility index (Phi) is 4.63. The average Bonchev–Trinajstić information content (AvgIpc) is 2.31. The molecule has 1 atom stereocenters. The van der Waals surface area contributed by atoms with Crippen LogP contribution in [-0.2, 0) is 0 Å². The van der Waals surface area contributed by atoms with Gasteiger partial charge in [-0.15, -0.1) is 0 Å². The van der Waals surface area contributed by atoms with Crippen molar-refractivity contribution in [2.45, 2.75) is 58.3 Å². The third-order valence-electron chi connectivity index (χ3n) is 3.64. The Hall–Kier alpha value is -1.02. The van der Waals surface area contributed by atoms with Gasteiger partial charge < -0.3 is 0 Å². The lowest BCUT2D eigenvalue weighted by Crippen LogP contribution is -2.30. The van der Waals surface area contributed by atoms with Gasteiger partial charge in [0.25, 0.3) is 0 Å². The first-order chi connectivity index (χ1) is 7.29. The number of rotatable bonds is 4. The van der Waals surface area contributed by atoms with Gasteiger partial charge in [-0.25, -0.2) is 0 Å². The van der Waals surface area contributed by atoms with Crippen LogP contribution >= 0.6 is 0 Å². The third kappa shape index (κ3) is 2.72. The van der Waals surface area contributed by atoms with Gasteiger partial charge in [-0.1, -0.05) is 39.0 Å².